The van der Waals surface area contributed by atoms with E-state index in [9.17, 15) is 0 Å². The fraction of sp³-hybridized carbons (Fsp3) is 1.00. The van der Waals surface area contributed by atoms with Crippen molar-refractivity contribution >= 4 is 0 Å². The zero-order valence-electron chi connectivity index (χ0n) is 11.6. The molecule has 0 aromatic heterocycles. The molecule has 1 fully saturated rings. The highest BCUT2D eigenvalue weighted by Gasteiger charge is 2.20. The van der Waals surface area contributed by atoms with Crippen molar-refractivity contribution in [3.8, 4) is 0 Å². The highest BCUT2D eigenvalue weighted by molar-refractivity contribution is 4.80. The summed E-state index contributed by atoms with van der Waals surface area (Å²) in [5.41, 5.74) is 0. The molecule has 0 amide bonds. The topological polar surface area (TPSA) is 15.3 Å². The largest absolute Gasteiger partial charge is 0.314 e. The monoisotopic (exact) mass is 226 g/mol. The standard InChI is InChI=1S/C14H30N2/c1-5-11-16(12(2)3)13(4)7-6-10-15-14-8-9-14/h12-15H,5-11H2,1-4H3. The van der Waals surface area contributed by atoms with Crippen LogP contribution in [0.15, 0.2) is 0 Å². The average molecular weight is 226 g/mol. The van der Waals surface area contributed by atoms with Gasteiger partial charge in [-0.1, -0.05) is 6.92 Å². The molecule has 0 radical (unpaired) electrons. The molecule has 2 heteroatoms. The molecule has 2 nitrogen and oxygen atoms in total. The van der Waals surface area contributed by atoms with Gasteiger partial charge in [-0.3, -0.25) is 4.90 Å². The zero-order chi connectivity index (χ0) is 12.0. The van der Waals surface area contributed by atoms with Gasteiger partial charge in [0.05, 0.1) is 0 Å². The molecule has 1 aliphatic carbocycles. The molecule has 0 bridgehead atoms. The number of hydrogen-bond donors (Lipinski definition) is 1. The van der Waals surface area contributed by atoms with E-state index in [1.54, 1.807) is 0 Å². The Labute approximate surface area is 102 Å². The Morgan fingerprint density at radius 1 is 1.25 bits per heavy atom. The van der Waals surface area contributed by atoms with Gasteiger partial charge >= 0.3 is 0 Å². The Morgan fingerprint density at radius 2 is 1.94 bits per heavy atom. The molecule has 1 atom stereocenters. The summed E-state index contributed by atoms with van der Waals surface area (Å²) >= 11 is 0. The maximum atomic E-state index is 3.59. The van der Waals surface area contributed by atoms with E-state index in [0.29, 0.717) is 6.04 Å². The van der Waals surface area contributed by atoms with Crippen LogP contribution in [0.1, 0.15) is 59.8 Å². The van der Waals surface area contributed by atoms with Crippen LogP contribution in [0.5, 0.6) is 0 Å². The van der Waals surface area contributed by atoms with E-state index in [1.165, 1.54) is 45.2 Å². The third-order valence-electron chi connectivity index (χ3n) is 3.52. The van der Waals surface area contributed by atoms with Gasteiger partial charge in [0, 0.05) is 18.1 Å². The summed E-state index contributed by atoms with van der Waals surface area (Å²) in [4.78, 5) is 2.64. The van der Waals surface area contributed by atoms with Crippen molar-refractivity contribution in [2.24, 2.45) is 0 Å². The van der Waals surface area contributed by atoms with Gasteiger partial charge < -0.3 is 5.32 Å². The first-order chi connectivity index (χ1) is 7.65. The molecule has 1 N–H and O–H groups in total. The third-order valence-corrected chi connectivity index (χ3v) is 3.52. The number of nitrogens with one attached hydrogen (secondary N) is 1. The van der Waals surface area contributed by atoms with E-state index < -0.39 is 0 Å². The molecule has 0 spiro atoms. The molecule has 16 heavy (non-hydrogen) atoms. The van der Waals surface area contributed by atoms with Gasteiger partial charge in [-0.05, 0) is 66.0 Å². The lowest BCUT2D eigenvalue weighted by atomic mass is 10.1. The fourth-order valence-corrected chi connectivity index (χ4v) is 2.40. The lowest BCUT2D eigenvalue weighted by Gasteiger charge is -2.32. The van der Waals surface area contributed by atoms with Crippen LogP contribution in [0.2, 0.25) is 0 Å². The second kappa shape index (κ2) is 7.29. The molecule has 0 saturated heterocycles. The van der Waals surface area contributed by atoms with Crippen LogP contribution in [-0.2, 0) is 0 Å². The van der Waals surface area contributed by atoms with Gasteiger partial charge in [0.2, 0.25) is 0 Å². The molecule has 1 rings (SSSR count). The second-order valence-electron chi connectivity index (χ2n) is 5.55. The number of hydrogen-bond acceptors (Lipinski definition) is 2. The second-order valence-corrected chi connectivity index (χ2v) is 5.55. The minimum Gasteiger partial charge on any atom is -0.314 e. The van der Waals surface area contributed by atoms with Gasteiger partial charge in [0.1, 0.15) is 0 Å². The van der Waals surface area contributed by atoms with Gasteiger partial charge in [0.15, 0.2) is 0 Å². The highest BCUT2D eigenvalue weighted by atomic mass is 15.2. The number of nitrogens with zero attached hydrogens (tertiary/aromatic N) is 1. The first kappa shape index (κ1) is 14.0. The molecule has 0 aromatic carbocycles. The van der Waals surface area contributed by atoms with Gasteiger partial charge in [-0.25, -0.2) is 0 Å². The zero-order valence-corrected chi connectivity index (χ0v) is 11.6. The Balaban J connectivity index is 2.11. The Bertz CT molecular complexity index is 176. The van der Waals surface area contributed by atoms with Crippen LogP contribution in [0.3, 0.4) is 0 Å². The van der Waals surface area contributed by atoms with Crippen LogP contribution in [0.4, 0.5) is 0 Å². The predicted molar refractivity (Wildman–Crippen MR) is 71.9 cm³/mol. The Kier molecular flexibility index (Phi) is 6.37. The van der Waals surface area contributed by atoms with Crippen LogP contribution in [0.25, 0.3) is 0 Å². The molecule has 1 saturated carbocycles. The van der Waals surface area contributed by atoms with E-state index in [2.05, 4.69) is 37.9 Å². The Morgan fingerprint density at radius 3 is 2.44 bits per heavy atom. The van der Waals surface area contributed by atoms with E-state index in [1.807, 2.05) is 0 Å². The van der Waals surface area contributed by atoms with Crippen molar-refractivity contribution in [1.82, 2.24) is 10.2 Å². The van der Waals surface area contributed by atoms with Crippen molar-refractivity contribution in [3.63, 3.8) is 0 Å². The SMILES string of the molecule is CCCN(C(C)C)C(C)CCCNC1CC1. The van der Waals surface area contributed by atoms with Crippen LogP contribution >= 0.6 is 0 Å². The van der Waals surface area contributed by atoms with Crippen molar-refractivity contribution in [1.29, 1.82) is 0 Å². The summed E-state index contributed by atoms with van der Waals surface area (Å²) in [6.45, 7) is 11.7. The smallest absolute Gasteiger partial charge is 0.00701 e. The minimum absolute atomic E-state index is 0.686. The first-order valence-electron chi connectivity index (χ1n) is 7.14. The summed E-state index contributed by atoms with van der Waals surface area (Å²) in [6.07, 6.45) is 6.73. The van der Waals surface area contributed by atoms with Crippen molar-refractivity contribution in [2.45, 2.75) is 77.9 Å². The summed E-state index contributed by atoms with van der Waals surface area (Å²) in [6, 6.07) is 2.29. The fourth-order valence-electron chi connectivity index (χ4n) is 2.40. The van der Waals surface area contributed by atoms with Crippen molar-refractivity contribution in [3.05, 3.63) is 0 Å². The van der Waals surface area contributed by atoms with Gasteiger partial charge in [0.25, 0.3) is 0 Å². The Hall–Kier alpha value is -0.0800. The molecular weight excluding hydrogens is 196 g/mol. The summed E-state index contributed by atoms with van der Waals surface area (Å²) in [5.74, 6) is 0. The quantitative estimate of drug-likeness (QED) is 0.608. The number of rotatable bonds is 9. The molecule has 0 aliphatic heterocycles. The molecule has 1 aliphatic rings. The molecular formula is C14H30N2. The summed E-state index contributed by atoms with van der Waals surface area (Å²) in [7, 11) is 0. The highest BCUT2D eigenvalue weighted by Crippen LogP contribution is 2.18. The maximum Gasteiger partial charge on any atom is 0.00701 e. The molecule has 0 heterocycles. The lowest BCUT2D eigenvalue weighted by molar-refractivity contribution is 0.155. The van der Waals surface area contributed by atoms with Crippen molar-refractivity contribution in [2.75, 3.05) is 13.1 Å². The van der Waals surface area contributed by atoms with E-state index >= 15 is 0 Å². The predicted octanol–water partition coefficient (Wildman–Crippen LogP) is 3.03. The van der Waals surface area contributed by atoms with E-state index in [-0.39, 0.29) is 0 Å². The van der Waals surface area contributed by atoms with Crippen LogP contribution in [0, 0.1) is 0 Å². The normalized spacial score (nSPS) is 18.4. The molecule has 96 valence electrons. The van der Waals surface area contributed by atoms with Crippen LogP contribution < -0.4 is 5.32 Å². The van der Waals surface area contributed by atoms with Gasteiger partial charge in [-0.15, -0.1) is 0 Å². The maximum absolute atomic E-state index is 3.59. The van der Waals surface area contributed by atoms with E-state index in [4.69, 9.17) is 0 Å². The molecule has 0 aromatic rings. The first-order valence-corrected chi connectivity index (χ1v) is 7.14. The summed E-state index contributed by atoms with van der Waals surface area (Å²) in [5, 5.41) is 3.59. The van der Waals surface area contributed by atoms with Gasteiger partial charge in [-0.2, -0.15) is 0 Å². The van der Waals surface area contributed by atoms with E-state index in [0.717, 1.165) is 12.1 Å². The third kappa shape index (κ3) is 5.31. The molecule has 1 unspecified atom stereocenters. The van der Waals surface area contributed by atoms with Crippen LogP contribution in [-0.4, -0.2) is 36.1 Å². The van der Waals surface area contributed by atoms with Crippen molar-refractivity contribution < 1.29 is 0 Å². The summed E-state index contributed by atoms with van der Waals surface area (Å²) < 4.78 is 0. The average Bonchev–Trinajstić information content (AvgIpc) is 3.04. The minimum atomic E-state index is 0.686. The lowest BCUT2D eigenvalue weighted by Crippen LogP contribution is -2.39.